The Morgan fingerprint density at radius 3 is 1.74 bits per heavy atom. The van der Waals surface area contributed by atoms with Crippen LogP contribution in [0.3, 0.4) is 0 Å². The van der Waals surface area contributed by atoms with Crippen molar-refractivity contribution in [3.8, 4) is 22.3 Å². The molecule has 39 heavy (non-hydrogen) atoms. The van der Waals surface area contributed by atoms with Crippen LogP contribution in [0.25, 0.3) is 33.9 Å². The zero-order valence-electron chi connectivity index (χ0n) is 23.3. The third-order valence-corrected chi connectivity index (χ3v) is 61.7. The van der Waals surface area contributed by atoms with Crippen molar-refractivity contribution in [2.24, 2.45) is 0 Å². The molecule has 0 aromatic heterocycles. The summed E-state index contributed by atoms with van der Waals surface area (Å²) >= 11 is -4.68. The average molecular weight is 646 g/mol. The molecule has 0 N–H and O–H groups in total. The van der Waals surface area contributed by atoms with Crippen LogP contribution < -0.4 is 0 Å². The summed E-state index contributed by atoms with van der Waals surface area (Å²) in [6.45, 7) is 11.7. The summed E-state index contributed by atoms with van der Waals surface area (Å²) in [4.78, 5) is 0. The van der Waals surface area contributed by atoms with Crippen molar-refractivity contribution in [2.75, 3.05) is 0 Å². The fourth-order valence-electron chi connectivity index (χ4n) is 7.43. The van der Waals surface area contributed by atoms with E-state index in [2.05, 4.69) is 137 Å². The van der Waals surface area contributed by atoms with Crippen molar-refractivity contribution in [3.63, 3.8) is 0 Å². The first-order valence-corrected chi connectivity index (χ1v) is 30.3. The van der Waals surface area contributed by atoms with Gasteiger partial charge >= 0.3 is 244 Å². The van der Waals surface area contributed by atoms with Crippen molar-refractivity contribution < 1.29 is 15.6 Å². The Labute approximate surface area is 242 Å². The summed E-state index contributed by atoms with van der Waals surface area (Å²) in [7, 11) is 16.8. The number of allylic oxidation sites excluding steroid dienone is 3. The molecule has 2 atom stereocenters. The van der Waals surface area contributed by atoms with Gasteiger partial charge in [0, 0.05) is 0 Å². The van der Waals surface area contributed by atoms with Gasteiger partial charge in [0.25, 0.3) is 0 Å². The molecule has 0 spiro atoms. The van der Waals surface area contributed by atoms with Crippen LogP contribution in [0, 0.1) is 0 Å². The van der Waals surface area contributed by atoms with Crippen molar-refractivity contribution in [1.82, 2.24) is 0 Å². The Morgan fingerprint density at radius 1 is 0.615 bits per heavy atom. The quantitative estimate of drug-likeness (QED) is 0.190. The van der Waals surface area contributed by atoms with Gasteiger partial charge in [-0.2, -0.15) is 0 Å². The third kappa shape index (κ3) is 4.01. The molecule has 2 unspecified atom stereocenters. The molecule has 2 aliphatic carbocycles. The summed E-state index contributed by atoms with van der Waals surface area (Å²) in [6, 6.07) is 35.0. The Bertz CT molecular complexity index is 1650. The van der Waals surface area contributed by atoms with E-state index in [9.17, 15) is 0 Å². The van der Waals surface area contributed by atoms with Crippen molar-refractivity contribution in [1.29, 1.82) is 0 Å². The number of hydrogen-bond acceptors (Lipinski definition) is 0. The molecule has 6 rings (SSSR count). The van der Waals surface area contributed by atoms with Crippen LogP contribution in [-0.2, 0) is 15.6 Å². The molecule has 0 amide bonds. The van der Waals surface area contributed by atoms with Gasteiger partial charge in [0.05, 0.1) is 0 Å². The number of benzene rings is 4. The maximum absolute atomic E-state index is 8.41. The van der Waals surface area contributed by atoms with Crippen molar-refractivity contribution in [3.05, 3.63) is 130 Å². The number of rotatable bonds is 5. The topological polar surface area (TPSA) is 0 Å². The van der Waals surface area contributed by atoms with Gasteiger partial charge in [-0.25, -0.2) is 0 Å². The minimum atomic E-state index is -4.68. The van der Waals surface area contributed by atoms with Gasteiger partial charge in [0.15, 0.2) is 0 Å². The van der Waals surface area contributed by atoms with E-state index in [0.29, 0.717) is 0 Å². The van der Waals surface area contributed by atoms with Gasteiger partial charge in [-0.15, -0.1) is 0 Å². The standard InChI is InChI=1S/C17H15.C16H13.C2H7Si.2ClH.Zr/c1-12-11-15-9-6-10-16(17(15)13(12)2)14-7-4-3-5-8-14;1-12-10-14-8-5-9-15(16(14)11-12)13-6-3-2-4-7-13;1-3-2;;;/h3-11H,1-2H3;2-11H,1H3;3H,1-2H3;2*1H;/q;;;;;+2/p-2. The molecule has 0 saturated heterocycles. The van der Waals surface area contributed by atoms with Gasteiger partial charge in [0.1, 0.15) is 0 Å². The first-order valence-electron chi connectivity index (χ1n) is 13.9. The molecule has 0 nitrogen and oxygen atoms in total. The number of halogens is 2. The van der Waals surface area contributed by atoms with Crippen LogP contribution >= 0.6 is 17.0 Å². The van der Waals surface area contributed by atoms with Crippen LogP contribution in [0.4, 0.5) is 0 Å². The van der Waals surface area contributed by atoms with Crippen molar-refractivity contribution in [2.45, 2.75) is 41.1 Å². The predicted molar refractivity (Wildman–Crippen MR) is 172 cm³/mol. The summed E-state index contributed by atoms with van der Waals surface area (Å²) in [6.07, 6.45) is 2.39. The fourth-order valence-corrected chi connectivity index (χ4v) is 40.4. The molecule has 0 saturated carbocycles. The van der Waals surface area contributed by atoms with Gasteiger partial charge < -0.3 is 0 Å². The molecule has 4 aromatic carbocycles. The maximum atomic E-state index is 8.41. The summed E-state index contributed by atoms with van der Waals surface area (Å²) in [5.41, 5.74) is 14.5. The van der Waals surface area contributed by atoms with Crippen LogP contribution in [0.15, 0.2) is 108 Å². The molecule has 197 valence electrons. The predicted octanol–water partition coefficient (Wildman–Crippen LogP) is 11.0. The second kappa shape index (κ2) is 9.85. The Morgan fingerprint density at radius 2 is 1.15 bits per heavy atom. The monoisotopic (exact) mass is 643 g/mol. The Balaban J connectivity index is 1.59. The van der Waals surface area contributed by atoms with Gasteiger partial charge in [-0.05, 0) is 0 Å². The molecule has 2 aliphatic rings. The van der Waals surface area contributed by atoms with Crippen LogP contribution in [-0.4, -0.2) is 5.92 Å². The van der Waals surface area contributed by atoms with E-state index in [0.717, 1.165) is 0 Å². The normalized spacial score (nSPS) is 19.5. The number of hydrogen-bond donors (Lipinski definition) is 0. The second-order valence-corrected chi connectivity index (χ2v) is 54.3. The van der Waals surface area contributed by atoms with Gasteiger partial charge in [0.2, 0.25) is 0 Å². The van der Waals surface area contributed by atoms with E-state index >= 15 is 0 Å². The zero-order chi connectivity index (χ0) is 27.6. The average Bonchev–Trinajstić information content (AvgIpc) is 3.43. The van der Waals surface area contributed by atoms with E-state index in [1.165, 1.54) is 61.2 Å². The fraction of sp³-hybridized carbons (Fsp3) is 0.200. The molecule has 0 radical (unpaired) electrons. The van der Waals surface area contributed by atoms with Gasteiger partial charge in [-0.3, -0.25) is 0 Å². The molecular formula is C35H35Cl2SiZr. The molecule has 0 heterocycles. The van der Waals surface area contributed by atoms with E-state index in [1.54, 1.807) is 0 Å². The van der Waals surface area contributed by atoms with E-state index in [1.807, 2.05) is 0 Å². The molecule has 0 bridgehead atoms. The van der Waals surface area contributed by atoms with Crippen LogP contribution in [0.5, 0.6) is 0 Å². The second-order valence-electron chi connectivity index (χ2n) is 11.8. The SMILES string of the molecule is CC1=Cc2c(-c3ccccc3)cccc2[CH]1[Zr]([Cl])([Cl])([CH]1C(C)=C(C)c2c(-c3ccccc3)cccc21)[SiH](C)C. The van der Waals surface area contributed by atoms with Crippen LogP contribution in [0.2, 0.25) is 13.1 Å². The first kappa shape index (κ1) is 27.2. The first-order chi connectivity index (χ1) is 18.6. The van der Waals surface area contributed by atoms with E-state index in [-0.39, 0.29) is 7.25 Å². The molecule has 4 heteroatoms. The van der Waals surface area contributed by atoms with E-state index < -0.39 is 21.5 Å². The number of fused-ring (bicyclic) bond motifs is 2. The molecular weight excluding hydrogens is 611 g/mol. The molecule has 0 aliphatic heterocycles. The molecule has 4 aromatic rings. The minimum absolute atomic E-state index is 0.110. The Hall–Kier alpha value is -1.96. The van der Waals surface area contributed by atoms with Gasteiger partial charge in [-0.1, -0.05) is 0 Å². The van der Waals surface area contributed by atoms with E-state index in [4.69, 9.17) is 17.0 Å². The zero-order valence-corrected chi connectivity index (χ0v) is 28.4. The summed E-state index contributed by atoms with van der Waals surface area (Å²) < 4.78 is 0.221. The Kier molecular flexibility index (Phi) is 6.87. The van der Waals surface area contributed by atoms with Crippen LogP contribution in [0.1, 0.15) is 50.3 Å². The molecule has 0 fully saturated rings. The third-order valence-electron chi connectivity index (χ3n) is 9.46. The summed E-state index contributed by atoms with van der Waals surface area (Å²) in [5.74, 6) is -1.56. The summed E-state index contributed by atoms with van der Waals surface area (Å²) in [5, 5.41) is 0. The van der Waals surface area contributed by atoms with Crippen molar-refractivity contribution >= 4 is 34.6 Å².